The van der Waals surface area contributed by atoms with Crippen molar-refractivity contribution >= 4 is 0 Å². The Labute approximate surface area is 151 Å². The predicted molar refractivity (Wildman–Crippen MR) is 103 cm³/mol. The van der Waals surface area contributed by atoms with E-state index in [4.69, 9.17) is 0 Å². The minimum Gasteiger partial charge on any atom is -0.206 e. The molecule has 0 aliphatic carbocycles. The van der Waals surface area contributed by atoms with E-state index in [1.165, 1.54) is 12.1 Å². The molecule has 0 nitrogen and oxygen atoms in total. The van der Waals surface area contributed by atoms with Crippen LogP contribution >= 0.6 is 0 Å². The zero-order chi connectivity index (χ0) is 17.9. The summed E-state index contributed by atoms with van der Waals surface area (Å²) in [6, 6.07) is 29.1. The average molecular weight is 342 g/mol. The maximum atomic E-state index is 14.8. The van der Waals surface area contributed by atoms with Gasteiger partial charge in [-0.3, -0.25) is 0 Å². The Hall–Kier alpha value is -3.26. The molecule has 0 amide bonds. The Morgan fingerprint density at radius 3 is 1.38 bits per heavy atom. The van der Waals surface area contributed by atoms with Crippen molar-refractivity contribution in [2.45, 2.75) is 0 Å². The first-order valence-corrected chi connectivity index (χ1v) is 8.43. The molecule has 26 heavy (non-hydrogen) atoms. The molecular weight excluding hydrogens is 326 g/mol. The van der Waals surface area contributed by atoms with Crippen LogP contribution in [-0.4, -0.2) is 0 Å². The van der Waals surface area contributed by atoms with Crippen LogP contribution in [0.2, 0.25) is 0 Å². The van der Waals surface area contributed by atoms with E-state index in [0.717, 1.165) is 16.7 Å². The first kappa shape index (κ1) is 16.2. The third kappa shape index (κ3) is 3.02. The molecule has 0 aromatic heterocycles. The number of hydrogen-bond donors (Lipinski definition) is 0. The van der Waals surface area contributed by atoms with Gasteiger partial charge in [0.25, 0.3) is 0 Å². The molecule has 4 aromatic rings. The number of hydrogen-bond acceptors (Lipinski definition) is 0. The fourth-order valence-corrected chi connectivity index (χ4v) is 3.21. The van der Waals surface area contributed by atoms with Crippen LogP contribution in [0.3, 0.4) is 0 Å². The Balaban J connectivity index is 1.86. The summed E-state index contributed by atoms with van der Waals surface area (Å²) in [6.07, 6.45) is 0. The van der Waals surface area contributed by atoms with Crippen molar-refractivity contribution in [3.05, 3.63) is 109 Å². The van der Waals surface area contributed by atoms with Gasteiger partial charge >= 0.3 is 0 Å². The topological polar surface area (TPSA) is 0 Å². The summed E-state index contributed by atoms with van der Waals surface area (Å²) in [5.74, 6) is -1.12. The minimum absolute atomic E-state index is 0.00606. The molecule has 0 aliphatic rings. The highest BCUT2D eigenvalue weighted by Crippen LogP contribution is 2.35. The molecule has 2 heteroatoms. The first-order chi connectivity index (χ1) is 12.7. The number of halogens is 2. The van der Waals surface area contributed by atoms with Crippen LogP contribution in [0.15, 0.2) is 97.1 Å². The lowest BCUT2D eigenvalue weighted by Crippen LogP contribution is -1.93. The summed E-state index contributed by atoms with van der Waals surface area (Å²) in [5.41, 5.74) is 3.82. The lowest BCUT2D eigenvalue weighted by atomic mass is 9.93. The van der Waals surface area contributed by atoms with Gasteiger partial charge in [0.15, 0.2) is 0 Å². The third-order valence-corrected chi connectivity index (χ3v) is 4.43. The lowest BCUT2D eigenvalue weighted by molar-refractivity contribution is 0.590. The summed E-state index contributed by atoms with van der Waals surface area (Å²) in [7, 11) is 0. The van der Waals surface area contributed by atoms with E-state index in [2.05, 4.69) is 0 Å². The van der Waals surface area contributed by atoms with Gasteiger partial charge in [-0.15, -0.1) is 0 Å². The van der Waals surface area contributed by atoms with E-state index in [0.29, 0.717) is 11.1 Å². The highest BCUT2D eigenvalue weighted by atomic mass is 19.1. The van der Waals surface area contributed by atoms with Crippen LogP contribution in [0.4, 0.5) is 8.78 Å². The standard InChI is InChI=1S/C24H16F2/c25-22-15-19(16-23(26)24(22)18-11-5-2-6-12-18)21-14-8-7-13-20(21)17-9-3-1-4-10-17/h1-16H. The highest BCUT2D eigenvalue weighted by molar-refractivity contribution is 5.84. The SMILES string of the molecule is Fc1cc(-c2ccccc2-c2ccccc2)cc(F)c1-c1ccccc1. The van der Waals surface area contributed by atoms with Crippen LogP contribution in [0, 0.1) is 11.6 Å². The average Bonchev–Trinajstić information content (AvgIpc) is 2.69. The van der Waals surface area contributed by atoms with Crippen LogP contribution < -0.4 is 0 Å². The molecule has 0 saturated heterocycles. The molecule has 0 heterocycles. The second-order valence-corrected chi connectivity index (χ2v) is 6.09. The predicted octanol–water partition coefficient (Wildman–Crippen LogP) is 6.97. The number of rotatable bonds is 3. The number of benzene rings is 4. The minimum atomic E-state index is -0.561. The van der Waals surface area contributed by atoms with Crippen LogP contribution in [0.5, 0.6) is 0 Å². The molecule has 0 bridgehead atoms. The Morgan fingerprint density at radius 1 is 0.423 bits per heavy atom. The van der Waals surface area contributed by atoms with Crippen molar-refractivity contribution in [1.29, 1.82) is 0 Å². The van der Waals surface area contributed by atoms with Gasteiger partial charge in [-0.05, 0) is 39.9 Å². The normalized spacial score (nSPS) is 10.7. The maximum Gasteiger partial charge on any atom is 0.134 e. The van der Waals surface area contributed by atoms with Gasteiger partial charge in [0.2, 0.25) is 0 Å². The highest BCUT2D eigenvalue weighted by Gasteiger charge is 2.15. The van der Waals surface area contributed by atoms with Crippen molar-refractivity contribution in [3.8, 4) is 33.4 Å². The van der Waals surface area contributed by atoms with E-state index in [9.17, 15) is 8.78 Å². The van der Waals surface area contributed by atoms with Gasteiger partial charge in [-0.1, -0.05) is 84.9 Å². The molecule has 0 saturated carbocycles. The monoisotopic (exact) mass is 342 g/mol. The summed E-state index contributed by atoms with van der Waals surface area (Å²) in [4.78, 5) is 0. The second kappa shape index (κ2) is 6.93. The molecule has 4 rings (SSSR count). The van der Waals surface area contributed by atoms with E-state index in [-0.39, 0.29) is 5.56 Å². The zero-order valence-corrected chi connectivity index (χ0v) is 14.0. The molecule has 0 atom stereocenters. The van der Waals surface area contributed by atoms with Gasteiger partial charge in [0.05, 0.1) is 5.56 Å². The first-order valence-electron chi connectivity index (χ1n) is 8.43. The molecule has 0 radical (unpaired) electrons. The Morgan fingerprint density at radius 2 is 0.846 bits per heavy atom. The Kier molecular flexibility index (Phi) is 4.32. The summed E-state index contributed by atoms with van der Waals surface area (Å²) >= 11 is 0. The van der Waals surface area contributed by atoms with Gasteiger partial charge in [-0.25, -0.2) is 8.78 Å². The fraction of sp³-hybridized carbons (Fsp3) is 0. The molecule has 0 unspecified atom stereocenters. The van der Waals surface area contributed by atoms with Gasteiger partial charge in [0, 0.05) is 0 Å². The quantitative estimate of drug-likeness (QED) is 0.377. The zero-order valence-electron chi connectivity index (χ0n) is 14.0. The lowest BCUT2D eigenvalue weighted by Gasteiger charge is -2.13. The largest absolute Gasteiger partial charge is 0.206 e. The van der Waals surface area contributed by atoms with E-state index in [1.54, 1.807) is 24.3 Å². The fourth-order valence-electron chi connectivity index (χ4n) is 3.21. The summed E-state index contributed by atoms with van der Waals surface area (Å²) in [5, 5.41) is 0. The second-order valence-electron chi connectivity index (χ2n) is 6.09. The van der Waals surface area contributed by atoms with Crippen molar-refractivity contribution in [2.75, 3.05) is 0 Å². The maximum absolute atomic E-state index is 14.8. The van der Waals surface area contributed by atoms with E-state index >= 15 is 0 Å². The third-order valence-electron chi connectivity index (χ3n) is 4.43. The summed E-state index contributed by atoms with van der Waals surface area (Å²) in [6.45, 7) is 0. The molecule has 126 valence electrons. The molecule has 0 N–H and O–H groups in total. The van der Waals surface area contributed by atoms with Crippen molar-refractivity contribution in [2.24, 2.45) is 0 Å². The van der Waals surface area contributed by atoms with E-state index in [1.807, 2.05) is 60.7 Å². The van der Waals surface area contributed by atoms with Crippen molar-refractivity contribution < 1.29 is 8.78 Å². The van der Waals surface area contributed by atoms with Gasteiger partial charge < -0.3 is 0 Å². The van der Waals surface area contributed by atoms with Crippen LogP contribution in [-0.2, 0) is 0 Å². The smallest absolute Gasteiger partial charge is 0.134 e. The van der Waals surface area contributed by atoms with Crippen molar-refractivity contribution in [3.63, 3.8) is 0 Å². The molecule has 0 fully saturated rings. The van der Waals surface area contributed by atoms with E-state index < -0.39 is 11.6 Å². The molecule has 4 aromatic carbocycles. The molecule has 0 spiro atoms. The summed E-state index contributed by atoms with van der Waals surface area (Å²) < 4.78 is 29.6. The molecule has 0 aliphatic heterocycles. The van der Waals surface area contributed by atoms with Gasteiger partial charge in [-0.2, -0.15) is 0 Å². The van der Waals surface area contributed by atoms with Crippen LogP contribution in [0.1, 0.15) is 0 Å². The van der Waals surface area contributed by atoms with Gasteiger partial charge in [0.1, 0.15) is 11.6 Å². The molecular formula is C24H16F2. The van der Waals surface area contributed by atoms with Crippen molar-refractivity contribution in [1.82, 2.24) is 0 Å². The Bertz CT molecular complexity index is 1020. The van der Waals surface area contributed by atoms with Crippen LogP contribution in [0.25, 0.3) is 33.4 Å².